The summed E-state index contributed by atoms with van der Waals surface area (Å²) in [5.41, 5.74) is 7.80. The van der Waals surface area contributed by atoms with Gasteiger partial charge >= 0.3 is 0 Å². The van der Waals surface area contributed by atoms with Gasteiger partial charge in [0, 0.05) is 6.54 Å². The fraction of sp³-hybridized carbons (Fsp3) is 0.500. The highest BCUT2D eigenvalue weighted by molar-refractivity contribution is 5.86. The maximum absolute atomic E-state index is 11.5. The van der Waals surface area contributed by atoms with Crippen LogP contribution in [0.15, 0.2) is 24.3 Å². The van der Waals surface area contributed by atoms with Gasteiger partial charge in [-0.2, -0.15) is 0 Å². The van der Waals surface area contributed by atoms with Gasteiger partial charge in [-0.25, -0.2) is 0 Å². The van der Waals surface area contributed by atoms with E-state index in [-0.39, 0.29) is 30.2 Å². The van der Waals surface area contributed by atoms with E-state index in [1.165, 1.54) is 5.56 Å². The van der Waals surface area contributed by atoms with Gasteiger partial charge in [0.1, 0.15) is 0 Å². The predicted octanol–water partition coefficient (Wildman–Crippen LogP) is 1.52. The molecule has 0 aliphatic rings. The molecule has 0 aliphatic carbocycles. The SMILES string of the molecule is CCC(C)(C)c1ccc(CNCC(=O)CNC(=N)N)cc1. The summed E-state index contributed by atoms with van der Waals surface area (Å²) >= 11 is 0. The Labute approximate surface area is 126 Å². The number of rotatable bonds is 8. The first-order valence-corrected chi connectivity index (χ1v) is 7.25. The van der Waals surface area contributed by atoms with Gasteiger partial charge in [-0.15, -0.1) is 0 Å². The minimum absolute atomic E-state index is 0.0195. The zero-order chi connectivity index (χ0) is 15.9. The van der Waals surface area contributed by atoms with Gasteiger partial charge in [0.2, 0.25) is 0 Å². The second-order valence-corrected chi connectivity index (χ2v) is 5.84. The van der Waals surface area contributed by atoms with Crippen molar-refractivity contribution in [3.8, 4) is 0 Å². The van der Waals surface area contributed by atoms with Crippen LogP contribution in [0.4, 0.5) is 0 Å². The van der Waals surface area contributed by atoms with E-state index in [1.807, 2.05) is 0 Å². The highest BCUT2D eigenvalue weighted by atomic mass is 16.1. The van der Waals surface area contributed by atoms with E-state index in [0.717, 1.165) is 12.0 Å². The molecule has 5 nitrogen and oxygen atoms in total. The summed E-state index contributed by atoms with van der Waals surface area (Å²) in [7, 11) is 0. The summed E-state index contributed by atoms with van der Waals surface area (Å²) in [6.45, 7) is 7.67. The maximum Gasteiger partial charge on any atom is 0.186 e. The molecule has 0 bridgehead atoms. The molecule has 0 amide bonds. The van der Waals surface area contributed by atoms with Crippen molar-refractivity contribution in [3.63, 3.8) is 0 Å². The zero-order valence-electron chi connectivity index (χ0n) is 13.1. The molecule has 116 valence electrons. The van der Waals surface area contributed by atoms with Crippen molar-refractivity contribution in [2.75, 3.05) is 13.1 Å². The number of guanidine groups is 1. The molecule has 5 heteroatoms. The number of nitrogens with two attached hydrogens (primary N) is 1. The lowest BCUT2D eigenvalue weighted by Crippen LogP contribution is -2.37. The number of benzene rings is 1. The van der Waals surface area contributed by atoms with E-state index < -0.39 is 0 Å². The van der Waals surface area contributed by atoms with Crippen molar-refractivity contribution in [2.45, 2.75) is 39.2 Å². The fourth-order valence-corrected chi connectivity index (χ4v) is 1.88. The third kappa shape index (κ3) is 5.95. The first kappa shape index (κ1) is 17.2. The molecule has 0 spiro atoms. The smallest absolute Gasteiger partial charge is 0.186 e. The Kier molecular flexibility index (Phi) is 6.37. The van der Waals surface area contributed by atoms with Crippen LogP contribution in [0.1, 0.15) is 38.3 Å². The van der Waals surface area contributed by atoms with Crippen LogP contribution in [0.5, 0.6) is 0 Å². The van der Waals surface area contributed by atoms with Crippen molar-refractivity contribution < 1.29 is 4.79 Å². The minimum atomic E-state index is -0.183. The molecule has 5 N–H and O–H groups in total. The summed E-state index contributed by atoms with van der Waals surface area (Å²) in [4.78, 5) is 11.5. The highest BCUT2D eigenvalue weighted by Crippen LogP contribution is 2.26. The zero-order valence-corrected chi connectivity index (χ0v) is 13.1. The standard InChI is InChI=1S/C16H26N4O/c1-4-16(2,3)13-7-5-12(6-8-13)9-19-10-14(21)11-20-15(17)18/h5-8,19H,4,9-11H2,1-3H3,(H4,17,18,20). The molecular weight excluding hydrogens is 264 g/mol. The number of carbonyl (C=O) groups excluding carboxylic acids is 1. The molecule has 0 aliphatic heterocycles. The molecule has 0 unspecified atom stereocenters. The summed E-state index contributed by atoms with van der Waals surface area (Å²) in [6, 6.07) is 8.50. The van der Waals surface area contributed by atoms with Gasteiger partial charge in [-0.1, -0.05) is 45.0 Å². The van der Waals surface area contributed by atoms with E-state index in [1.54, 1.807) is 0 Å². The Morgan fingerprint density at radius 1 is 1.24 bits per heavy atom. The normalized spacial score (nSPS) is 11.2. The predicted molar refractivity (Wildman–Crippen MR) is 86.4 cm³/mol. The van der Waals surface area contributed by atoms with Gasteiger partial charge in [0.05, 0.1) is 13.1 Å². The van der Waals surface area contributed by atoms with E-state index in [9.17, 15) is 4.79 Å². The monoisotopic (exact) mass is 290 g/mol. The highest BCUT2D eigenvalue weighted by Gasteiger charge is 2.17. The second kappa shape index (κ2) is 7.78. The van der Waals surface area contributed by atoms with E-state index in [0.29, 0.717) is 6.54 Å². The Bertz CT molecular complexity index is 480. The minimum Gasteiger partial charge on any atom is -0.370 e. The molecule has 0 aromatic heterocycles. The third-order valence-electron chi connectivity index (χ3n) is 3.75. The Morgan fingerprint density at radius 2 is 1.86 bits per heavy atom. The van der Waals surface area contributed by atoms with Gasteiger partial charge in [-0.3, -0.25) is 10.2 Å². The molecule has 0 radical (unpaired) electrons. The van der Waals surface area contributed by atoms with Gasteiger partial charge in [0.25, 0.3) is 0 Å². The first-order valence-electron chi connectivity index (χ1n) is 7.25. The topological polar surface area (TPSA) is 91.0 Å². The molecule has 1 aromatic carbocycles. The average molecular weight is 290 g/mol. The molecule has 0 saturated carbocycles. The Balaban J connectivity index is 2.40. The molecule has 0 fully saturated rings. The molecule has 0 saturated heterocycles. The van der Waals surface area contributed by atoms with Crippen LogP contribution in [0.25, 0.3) is 0 Å². The third-order valence-corrected chi connectivity index (χ3v) is 3.75. The van der Waals surface area contributed by atoms with Crippen LogP contribution < -0.4 is 16.4 Å². The summed E-state index contributed by atoms with van der Waals surface area (Å²) < 4.78 is 0. The molecule has 1 aromatic rings. The van der Waals surface area contributed by atoms with Gasteiger partial charge in [0.15, 0.2) is 11.7 Å². The molecule has 21 heavy (non-hydrogen) atoms. The lowest BCUT2D eigenvalue weighted by atomic mass is 9.82. The molecule has 0 heterocycles. The van der Waals surface area contributed by atoms with Crippen LogP contribution in [0.3, 0.4) is 0 Å². The molecule has 1 rings (SSSR count). The number of hydrogen-bond acceptors (Lipinski definition) is 3. The largest absolute Gasteiger partial charge is 0.370 e. The number of Topliss-reactive ketones (excluding diaryl/α,β-unsaturated/α-hetero) is 1. The fourth-order valence-electron chi connectivity index (χ4n) is 1.88. The van der Waals surface area contributed by atoms with Gasteiger partial charge in [-0.05, 0) is 23.0 Å². The van der Waals surface area contributed by atoms with Crippen molar-refractivity contribution in [2.24, 2.45) is 5.73 Å². The van der Waals surface area contributed by atoms with Crippen LogP contribution in [-0.2, 0) is 16.8 Å². The van der Waals surface area contributed by atoms with Crippen molar-refractivity contribution in [1.82, 2.24) is 10.6 Å². The Hall–Kier alpha value is -1.88. The summed E-state index contributed by atoms with van der Waals surface area (Å²) in [6.07, 6.45) is 1.10. The van der Waals surface area contributed by atoms with Crippen molar-refractivity contribution in [1.29, 1.82) is 5.41 Å². The number of ketones is 1. The molecular formula is C16H26N4O. The van der Waals surface area contributed by atoms with E-state index in [4.69, 9.17) is 11.1 Å². The van der Waals surface area contributed by atoms with Crippen molar-refractivity contribution >= 4 is 11.7 Å². The second-order valence-electron chi connectivity index (χ2n) is 5.84. The maximum atomic E-state index is 11.5. The summed E-state index contributed by atoms with van der Waals surface area (Å²) in [5.74, 6) is -0.202. The Morgan fingerprint density at radius 3 is 2.38 bits per heavy atom. The number of hydrogen-bond donors (Lipinski definition) is 4. The van der Waals surface area contributed by atoms with Crippen LogP contribution in [0, 0.1) is 5.41 Å². The lowest BCUT2D eigenvalue weighted by molar-refractivity contribution is -0.117. The first-order chi connectivity index (χ1) is 9.85. The summed E-state index contributed by atoms with van der Waals surface area (Å²) in [5, 5.41) is 12.6. The van der Waals surface area contributed by atoms with Crippen LogP contribution in [-0.4, -0.2) is 24.8 Å². The van der Waals surface area contributed by atoms with Gasteiger partial charge < -0.3 is 16.4 Å². The number of nitrogens with one attached hydrogen (secondary N) is 3. The van der Waals surface area contributed by atoms with Crippen molar-refractivity contribution in [3.05, 3.63) is 35.4 Å². The number of carbonyl (C=O) groups is 1. The van der Waals surface area contributed by atoms with Crippen LogP contribution in [0.2, 0.25) is 0 Å². The quantitative estimate of drug-likeness (QED) is 0.431. The van der Waals surface area contributed by atoms with E-state index >= 15 is 0 Å². The molecule has 0 atom stereocenters. The lowest BCUT2D eigenvalue weighted by Gasteiger charge is -2.23. The van der Waals surface area contributed by atoms with E-state index in [2.05, 4.69) is 55.7 Å². The van der Waals surface area contributed by atoms with Crippen LogP contribution >= 0.6 is 0 Å². The average Bonchev–Trinajstić information content (AvgIpc) is 2.45.